The van der Waals surface area contributed by atoms with Gasteiger partial charge in [0.2, 0.25) is 0 Å². The van der Waals surface area contributed by atoms with E-state index in [0.29, 0.717) is 11.1 Å². The lowest BCUT2D eigenvalue weighted by molar-refractivity contribution is -0.142. The van der Waals surface area contributed by atoms with Gasteiger partial charge in [0, 0.05) is 19.4 Å². The first-order valence-electron chi connectivity index (χ1n) is 12.2. The van der Waals surface area contributed by atoms with Crippen LogP contribution in [0.25, 0.3) is 11.1 Å². The van der Waals surface area contributed by atoms with E-state index in [9.17, 15) is 19.5 Å². The highest BCUT2D eigenvalue weighted by Gasteiger charge is 2.32. The molecule has 0 unspecified atom stereocenters. The second-order valence-corrected chi connectivity index (χ2v) is 10.2. The molecule has 4 rings (SSSR count). The van der Waals surface area contributed by atoms with Gasteiger partial charge >= 0.3 is 18.0 Å². The zero-order valence-electron chi connectivity index (χ0n) is 21.4. The van der Waals surface area contributed by atoms with Crippen molar-refractivity contribution in [2.45, 2.75) is 44.8 Å². The molecular formula is C30H31NO6. The number of amides is 1. The number of fused-ring (bicyclic) bond motifs is 3. The van der Waals surface area contributed by atoms with Gasteiger partial charge in [-0.05, 0) is 60.7 Å². The maximum atomic E-state index is 13.0. The van der Waals surface area contributed by atoms with Gasteiger partial charge < -0.3 is 14.6 Å². The molecule has 7 heteroatoms. The van der Waals surface area contributed by atoms with Gasteiger partial charge in [-0.3, -0.25) is 4.90 Å². The van der Waals surface area contributed by atoms with E-state index in [1.54, 1.807) is 45.0 Å². The van der Waals surface area contributed by atoms with Crippen LogP contribution >= 0.6 is 0 Å². The fourth-order valence-corrected chi connectivity index (χ4v) is 4.60. The van der Waals surface area contributed by atoms with Crippen LogP contribution in [0.3, 0.4) is 0 Å². The Morgan fingerprint density at radius 2 is 1.51 bits per heavy atom. The number of likely N-dealkylation sites (N-methyl/N-ethyl adjacent to an activating group) is 1. The molecule has 1 atom stereocenters. The minimum absolute atomic E-state index is 0.00661. The number of hydrogen-bond donors (Lipinski definition) is 1. The highest BCUT2D eigenvalue weighted by Crippen LogP contribution is 2.44. The summed E-state index contributed by atoms with van der Waals surface area (Å²) in [5.41, 5.74) is 4.64. The Labute approximate surface area is 216 Å². The average molecular weight is 502 g/mol. The molecule has 1 aliphatic rings. The molecule has 0 saturated carbocycles. The van der Waals surface area contributed by atoms with Gasteiger partial charge in [-0.15, -0.1) is 0 Å². The van der Waals surface area contributed by atoms with Crippen molar-refractivity contribution < 1.29 is 29.0 Å². The average Bonchev–Trinajstić information content (AvgIpc) is 3.18. The number of esters is 1. The molecule has 3 aromatic carbocycles. The summed E-state index contributed by atoms with van der Waals surface area (Å²) in [6.45, 7) is 5.42. The second kappa shape index (κ2) is 10.5. The van der Waals surface area contributed by atoms with Crippen LogP contribution in [0.4, 0.5) is 4.79 Å². The first kappa shape index (κ1) is 25.9. The third kappa shape index (κ3) is 5.82. The Morgan fingerprint density at radius 1 is 0.919 bits per heavy atom. The number of rotatable bonds is 7. The summed E-state index contributed by atoms with van der Waals surface area (Å²) in [6, 6.07) is 21.4. The first-order chi connectivity index (χ1) is 17.5. The van der Waals surface area contributed by atoms with Crippen molar-refractivity contribution in [3.05, 3.63) is 95.1 Å². The summed E-state index contributed by atoms with van der Waals surface area (Å²) in [5, 5.41) is 9.88. The molecule has 0 spiro atoms. The molecule has 192 valence electrons. The number of benzene rings is 3. The van der Waals surface area contributed by atoms with Crippen LogP contribution in [0.2, 0.25) is 0 Å². The minimum Gasteiger partial charge on any atom is -0.480 e. The monoisotopic (exact) mass is 501 g/mol. The van der Waals surface area contributed by atoms with Crippen molar-refractivity contribution in [2.75, 3.05) is 13.7 Å². The van der Waals surface area contributed by atoms with Crippen molar-refractivity contribution in [3.63, 3.8) is 0 Å². The summed E-state index contributed by atoms with van der Waals surface area (Å²) >= 11 is 0. The molecule has 0 aliphatic heterocycles. The van der Waals surface area contributed by atoms with Crippen molar-refractivity contribution in [3.8, 4) is 11.1 Å². The minimum atomic E-state index is -1.18. The van der Waals surface area contributed by atoms with Crippen LogP contribution < -0.4 is 0 Å². The molecule has 0 fully saturated rings. The number of carbonyl (C=O) groups is 3. The molecule has 1 aliphatic carbocycles. The van der Waals surface area contributed by atoms with E-state index >= 15 is 0 Å². The Hall–Kier alpha value is -4.13. The SMILES string of the molecule is CN(C(=O)OCC1c2ccccc2-c2ccccc21)[C@H](Cc1cccc(C(=O)OC(C)(C)C)c1)C(=O)O. The smallest absolute Gasteiger partial charge is 0.410 e. The molecule has 0 bridgehead atoms. The maximum Gasteiger partial charge on any atom is 0.410 e. The van der Waals surface area contributed by atoms with E-state index in [-0.39, 0.29) is 18.9 Å². The maximum absolute atomic E-state index is 13.0. The summed E-state index contributed by atoms with van der Waals surface area (Å²) in [4.78, 5) is 38.6. The Bertz CT molecular complexity index is 1280. The molecule has 7 nitrogen and oxygen atoms in total. The van der Waals surface area contributed by atoms with Gasteiger partial charge in [0.25, 0.3) is 0 Å². The zero-order valence-corrected chi connectivity index (χ0v) is 21.4. The molecular weight excluding hydrogens is 470 g/mol. The van der Waals surface area contributed by atoms with Crippen LogP contribution in [-0.4, -0.2) is 53.3 Å². The highest BCUT2D eigenvalue weighted by molar-refractivity contribution is 5.90. The lowest BCUT2D eigenvalue weighted by Crippen LogP contribution is -2.44. The molecule has 3 aromatic rings. The van der Waals surface area contributed by atoms with Crippen molar-refractivity contribution in [1.82, 2.24) is 4.90 Å². The third-order valence-electron chi connectivity index (χ3n) is 6.37. The van der Waals surface area contributed by atoms with Crippen LogP contribution in [0.5, 0.6) is 0 Å². The number of carboxylic acids is 1. The Balaban J connectivity index is 1.45. The molecule has 1 amide bonds. The van der Waals surface area contributed by atoms with Gasteiger partial charge in [-0.1, -0.05) is 60.7 Å². The molecule has 0 radical (unpaired) electrons. The quantitative estimate of drug-likeness (QED) is 0.429. The van der Waals surface area contributed by atoms with Gasteiger partial charge in [0.1, 0.15) is 18.2 Å². The Morgan fingerprint density at radius 3 is 2.08 bits per heavy atom. The van der Waals surface area contributed by atoms with Crippen molar-refractivity contribution >= 4 is 18.0 Å². The van der Waals surface area contributed by atoms with Gasteiger partial charge in [-0.2, -0.15) is 0 Å². The fraction of sp³-hybridized carbons (Fsp3) is 0.300. The largest absolute Gasteiger partial charge is 0.480 e. The van der Waals surface area contributed by atoms with Crippen LogP contribution in [0.15, 0.2) is 72.8 Å². The van der Waals surface area contributed by atoms with Gasteiger partial charge in [0.05, 0.1) is 5.56 Å². The van der Waals surface area contributed by atoms with E-state index in [4.69, 9.17) is 9.47 Å². The predicted molar refractivity (Wildman–Crippen MR) is 140 cm³/mol. The highest BCUT2D eigenvalue weighted by atomic mass is 16.6. The third-order valence-corrected chi connectivity index (χ3v) is 6.37. The number of aliphatic carboxylic acids is 1. The van der Waals surface area contributed by atoms with Crippen LogP contribution in [0, 0.1) is 0 Å². The molecule has 0 saturated heterocycles. The van der Waals surface area contributed by atoms with Crippen molar-refractivity contribution in [2.24, 2.45) is 0 Å². The first-order valence-corrected chi connectivity index (χ1v) is 12.2. The topological polar surface area (TPSA) is 93.1 Å². The molecule has 37 heavy (non-hydrogen) atoms. The van der Waals surface area contributed by atoms with E-state index < -0.39 is 29.7 Å². The van der Waals surface area contributed by atoms with Gasteiger partial charge in [-0.25, -0.2) is 14.4 Å². The Kier molecular flexibility index (Phi) is 7.34. The normalized spacial score (nSPS) is 13.3. The van der Waals surface area contributed by atoms with E-state index in [0.717, 1.165) is 27.2 Å². The molecule has 0 aromatic heterocycles. The predicted octanol–water partition coefficient (Wildman–Crippen LogP) is 5.52. The summed E-state index contributed by atoms with van der Waals surface area (Å²) in [7, 11) is 1.41. The fourth-order valence-electron chi connectivity index (χ4n) is 4.60. The van der Waals surface area contributed by atoms with E-state index in [2.05, 4.69) is 0 Å². The zero-order chi connectivity index (χ0) is 26.7. The van der Waals surface area contributed by atoms with Crippen LogP contribution in [-0.2, 0) is 20.7 Å². The standard InChI is InChI=1S/C30H31NO6/c1-30(2,3)37-28(34)20-11-9-10-19(16-20)17-26(27(32)33)31(4)29(35)36-18-25-23-14-7-5-12-21(23)22-13-6-8-15-24(22)25/h5-16,25-26H,17-18H2,1-4H3,(H,32,33)/t26-/m1/s1. The summed E-state index contributed by atoms with van der Waals surface area (Å²) in [6.07, 6.45) is -0.718. The van der Waals surface area contributed by atoms with E-state index in [1.807, 2.05) is 48.5 Å². The number of nitrogens with zero attached hydrogens (tertiary/aromatic N) is 1. The molecule has 0 heterocycles. The molecule has 1 N–H and O–H groups in total. The summed E-state index contributed by atoms with van der Waals surface area (Å²) in [5.74, 6) is -1.79. The summed E-state index contributed by atoms with van der Waals surface area (Å²) < 4.78 is 11.0. The number of hydrogen-bond acceptors (Lipinski definition) is 5. The lowest BCUT2D eigenvalue weighted by Gasteiger charge is -2.25. The number of carbonyl (C=O) groups excluding carboxylic acids is 2. The number of ether oxygens (including phenoxy) is 2. The van der Waals surface area contributed by atoms with Gasteiger partial charge in [0.15, 0.2) is 0 Å². The number of carboxylic acid groups (broad SMARTS) is 1. The van der Waals surface area contributed by atoms with Crippen LogP contribution in [0.1, 0.15) is 53.7 Å². The van der Waals surface area contributed by atoms with Crippen molar-refractivity contribution in [1.29, 1.82) is 0 Å². The lowest BCUT2D eigenvalue weighted by atomic mass is 9.98. The second-order valence-electron chi connectivity index (χ2n) is 10.2. The van der Waals surface area contributed by atoms with E-state index in [1.165, 1.54) is 7.05 Å².